The molecule has 4 heavy (non-hydrogen) atoms. The van der Waals surface area contributed by atoms with Gasteiger partial charge in [-0.15, -0.1) is 0 Å². The Hall–Kier alpha value is 1.59. The van der Waals surface area contributed by atoms with E-state index >= 15 is 0 Å². The Bertz CT molecular complexity index is 6.00. The largest absolute Gasteiger partial charge is 0.166 e. The summed E-state index contributed by atoms with van der Waals surface area (Å²) in [5.74, 6) is 0. The first-order valence-corrected chi connectivity index (χ1v) is 0.926. The van der Waals surface area contributed by atoms with E-state index in [1.165, 1.54) is 0 Å². The molecule has 0 unspecified atom stereocenters. The summed E-state index contributed by atoms with van der Waals surface area (Å²) >= 11 is 8.53. The molecule has 0 aliphatic carbocycles. The summed E-state index contributed by atoms with van der Waals surface area (Å²) in [5, 5.41) is 0. The first-order chi connectivity index (χ1) is 1.41. The molecule has 0 aromatic rings. The maximum atomic E-state index is 4.26. The summed E-state index contributed by atoms with van der Waals surface area (Å²) in [7, 11) is 0. The minimum Gasteiger partial charge on any atom is -0.166 e. The SMILES string of the molecule is ClOCl.[U]. The molecule has 0 spiro atoms. The van der Waals surface area contributed by atoms with Crippen LogP contribution in [0, 0.1) is 31.1 Å². The van der Waals surface area contributed by atoms with Crippen molar-refractivity contribution in [1.82, 2.24) is 0 Å². The summed E-state index contributed by atoms with van der Waals surface area (Å²) in [6.07, 6.45) is 0. The molecule has 0 radical (unpaired) electrons. The molecule has 0 atom stereocenters. The van der Waals surface area contributed by atoms with Crippen LogP contribution in [0.1, 0.15) is 0 Å². The average Bonchev–Trinajstić information content (AvgIpc) is 0.918. The van der Waals surface area contributed by atoms with E-state index in [1.807, 2.05) is 0 Å². The maximum absolute atomic E-state index is 4.26. The topological polar surface area (TPSA) is 9.23 Å². The molecule has 0 heterocycles. The first-order valence-electron chi connectivity index (χ1n) is 0.309. The molecule has 0 aromatic heterocycles. The Kier molecular flexibility index (Phi) is 20.1. The van der Waals surface area contributed by atoms with E-state index in [0.717, 1.165) is 0 Å². The molecular weight excluding hydrogens is 325 g/mol. The zero-order valence-corrected chi connectivity index (χ0v) is 7.34. The molecule has 0 bridgehead atoms. The quantitative estimate of drug-likeness (QED) is 0.653. The van der Waals surface area contributed by atoms with E-state index in [0.29, 0.717) is 0 Å². The Morgan fingerprint density at radius 1 is 1.25 bits per heavy atom. The minimum absolute atomic E-state index is 0. The molecule has 0 N–H and O–H groups in total. The third-order valence-corrected chi connectivity index (χ3v) is 0. The van der Waals surface area contributed by atoms with E-state index < -0.39 is 0 Å². The van der Waals surface area contributed by atoms with Crippen molar-refractivity contribution >= 4 is 23.7 Å². The van der Waals surface area contributed by atoms with Crippen LogP contribution in [0.5, 0.6) is 0 Å². The van der Waals surface area contributed by atoms with Gasteiger partial charge in [0.2, 0.25) is 0 Å². The number of hydrogen-bond donors (Lipinski definition) is 0. The van der Waals surface area contributed by atoms with Gasteiger partial charge in [-0.05, 0) is 0 Å². The van der Waals surface area contributed by atoms with E-state index in [4.69, 9.17) is 0 Å². The molecule has 0 fully saturated rings. The second-order valence-corrected chi connectivity index (χ2v) is 0.525. The Balaban J connectivity index is 0. The van der Waals surface area contributed by atoms with Gasteiger partial charge in [0.05, 0.1) is 23.7 Å². The van der Waals surface area contributed by atoms with Gasteiger partial charge >= 0.3 is 0 Å². The zero-order valence-electron chi connectivity index (χ0n) is 1.66. The standard InChI is InChI=1S/Cl2O.U/c1-3-2;. The van der Waals surface area contributed by atoms with Gasteiger partial charge < -0.3 is 0 Å². The number of rotatable bonds is 0. The van der Waals surface area contributed by atoms with Crippen LogP contribution in [0.25, 0.3) is 0 Å². The van der Waals surface area contributed by atoms with Crippen molar-refractivity contribution in [3.05, 3.63) is 0 Å². The van der Waals surface area contributed by atoms with Crippen LogP contribution in [0.15, 0.2) is 0 Å². The zero-order chi connectivity index (χ0) is 2.71. The van der Waals surface area contributed by atoms with Crippen molar-refractivity contribution in [2.75, 3.05) is 0 Å². The molecule has 0 saturated heterocycles. The van der Waals surface area contributed by atoms with Crippen LogP contribution in [0.4, 0.5) is 0 Å². The van der Waals surface area contributed by atoms with Crippen LogP contribution in [0.2, 0.25) is 0 Å². The average molecular weight is 325 g/mol. The van der Waals surface area contributed by atoms with Crippen LogP contribution >= 0.6 is 23.7 Å². The summed E-state index contributed by atoms with van der Waals surface area (Å²) in [6.45, 7) is 0. The Morgan fingerprint density at radius 3 is 1.25 bits per heavy atom. The van der Waals surface area contributed by atoms with Gasteiger partial charge in [-0.1, -0.05) is 0 Å². The van der Waals surface area contributed by atoms with Crippen LogP contribution in [-0.2, 0) is 3.84 Å². The molecule has 1 nitrogen and oxygen atoms in total. The van der Waals surface area contributed by atoms with Crippen molar-refractivity contribution in [3.63, 3.8) is 0 Å². The monoisotopic (exact) mass is 324 g/mol. The minimum atomic E-state index is 0. The van der Waals surface area contributed by atoms with Crippen molar-refractivity contribution < 1.29 is 35.0 Å². The van der Waals surface area contributed by atoms with Crippen molar-refractivity contribution in [3.8, 4) is 0 Å². The second kappa shape index (κ2) is 8.82. The summed E-state index contributed by atoms with van der Waals surface area (Å²) < 4.78 is 3.19. The van der Waals surface area contributed by atoms with Gasteiger partial charge in [-0.3, -0.25) is 0 Å². The summed E-state index contributed by atoms with van der Waals surface area (Å²) in [6, 6.07) is 0. The molecule has 0 aliphatic heterocycles. The van der Waals surface area contributed by atoms with Crippen molar-refractivity contribution in [1.29, 1.82) is 0 Å². The predicted molar refractivity (Wildman–Crippen MR) is 12.8 cm³/mol. The normalized spacial score (nSPS) is 4.50. The Morgan fingerprint density at radius 2 is 1.25 bits per heavy atom. The van der Waals surface area contributed by atoms with Gasteiger partial charge in [0.25, 0.3) is 0 Å². The molecule has 0 aliphatic rings. The van der Waals surface area contributed by atoms with Crippen LogP contribution < -0.4 is 0 Å². The van der Waals surface area contributed by atoms with E-state index in [9.17, 15) is 0 Å². The fourth-order valence-electron chi connectivity index (χ4n) is 0. The van der Waals surface area contributed by atoms with Crippen molar-refractivity contribution in [2.24, 2.45) is 0 Å². The van der Waals surface area contributed by atoms with E-state index in [1.54, 1.807) is 0 Å². The Labute approximate surface area is 58.3 Å². The van der Waals surface area contributed by atoms with Gasteiger partial charge in [-0.25, -0.2) is 0 Å². The third-order valence-electron chi connectivity index (χ3n) is 0. The number of halogens is 2. The van der Waals surface area contributed by atoms with Gasteiger partial charge in [-0.2, -0.15) is 3.84 Å². The van der Waals surface area contributed by atoms with Crippen LogP contribution in [-0.4, -0.2) is 0 Å². The van der Waals surface area contributed by atoms with Crippen molar-refractivity contribution in [2.45, 2.75) is 0 Å². The number of hydrogen-bond acceptors (Lipinski definition) is 1. The van der Waals surface area contributed by atoms with Gasteiger partial charge in [0.1, 0.15) is 0 Å². The van der Waals surface area contributed by atoms with Gasteiger partial charge in [0, 0.05) is 31.1 Å². The molecule has 0 amide bonds. The summed E-state index contributed by atoms with van der Waals surface area (Å²) in [4.78, 5) is 0. The molecule has 0 saturated carbocycles. The second-order valence-electron chi connectivity index (χ2n) is 0.0583. The van der Waals surface area contributed by atoms with E-state index in [-0.39, 0.29) is 31.1 Å². The third kappa shape index (κ3) is 9.52. The molecule has 4 heteroatoms. The summed E-state index contributed by atoms with van der Waals surface area (Å²) in [5.41, 5.74) is 0. The first kappa shape index (κ1) is 9.14. The molecule has 0 rings (SSSR count). The smallest absolute Gasteiger partial charge is 0.0832 e. The predicted octanol–water partition coefficient (Wildman–Crippen LogP) is 1.31. The fourth-order valence-corrected chi connectivity index (χ4v) is 0. The maximum Gasteiger partial charge on any atom is 0.0832 e. The molecular formula is Cl2OU. The fraction of sp³-hybridized carbons (Fsp3) is 0. The van der Waals surface area contributed by atoms with E-state index in [2.05, 4.69) is 27.6 Å². The molecule has 24 valence electrons. The van der Waals surface area contributed by atoms with Gasteiger partial charge in [0.15, 0.2) is 0 Å². The molecule has 0 aromatic carbocycles. The van der Waals surface area contributed by atoms with Crippen LogP contribution in [0.3, 0.4) is 0 Å².